The van der Waals surface area contributed by atoms with Crippen molar-refractivity contribution in [1.82, 2.24) is 0 Å². The summed E-state index contributed by atoms with van der Waals surface area (Å²) in [4.78, 5) is 10.8. The third kappa shape index (κ3) is 2.10. The lowest BCUT2D eigenvalue weighted by molar-refractivity contribution is -0.133. The summed E-state index contributed by atoms with van der Waals surface area (Å²) >= 11 is 0. The van der Waals surface area contributed by atoms with E-state index in [4.69, 9.17) is 4.74 Å². The van der Waals surface area contributed by atoms with Crippen molar-refractivity contribution in [2.75, 3.05) is 13.7 Å². The van der Waals surface area contributed by atoms with Crippen LogP contribution in [0.15, 0.2) is 18.2 Å². The van der Waals surface area contributed by atoms with Crippen molar-refractivity contribution in [2.45, 2.75) is 6.42 Å². The van der Waals surface area contributed by atoms with Gasteiger partial charge in [-0.15, -0.1) is 0 Å². The highest BCUT2D eigenvalue weighted by atomic mass is 16.5. The molecule has 1 aromatic rings. The average Bonchev–Trinajstić information content (AvgIpc) is 2.72. The lowest BCUT2D eigenvalue weighted by atomic mass is 10.1. The van der Waals surface area contributed by atoms with Crippen LogP contribution >= 0.6 is 0 Å². The Hall–Kier alpha value is -1.95. The van der Waals surface area contributed by atoms with Crippen molar-refractivity contribution in [3.05, 3.63) is 29.3 Å². The molecule has 0 unspecified atom stereocenters. The second-order valence-corrected chi connectivity index (χ2v) is 3.16. The molecule has 0 fully saturated rings. The predicted octanol–water partition coefficient (Wildman–Crippen LogP) is 1.15. The van der Waals surface area contributed by atoms with Gasteiger partial charge in [-0.2, -0.15) is 0 Å². The van der Waals surface area contributed by atoms with Crippen molar-refractivity contribution in [3.8, 4) is 17.6 Å². The third-order valence-electron chi connectivity index (χ3n) is 2.18. The Morgan fingerprint density at radius 2 is 2.40 bits per heavy atom. The Morgan fingerprint density at radius 3 is 3.20 bits per heavy atom. The fourth-order valence-electron chi connectivity index (χ4n) is 1.44. The van der Waals surface area contributed by atoms with Gasteiger partial charge in [-0.3, -0.25) is 0 Å². The molecule has 0 radical (unpaired) electrons. The van der Waals surface area contributed by atoms with Crippen LogP contribution in [0.2, 0.25) is 0 Å². The highest BCUT2D eigenvalue weighted by Crippen LogP contribution is 2.25. The predicted molar refractivity (Wildman–Crippen MR) is 54.5 cm³/mol. The maximum Gasteiger partial charge on any atom is 0.384 e. The zero-order chi connectivity index (χ0) is 10.7. The Labute approximate surface area is 88.0 Å². The quantitative estimate of drug-likeness (QED) is 0.467. The average molecular weight is 202 g/mol. The number of fused-ring (bicyclic) bond motifs is 1. The number of esters is 1. The van der Waals surface area contributed by atoms with Gasteiger partial charge in [-0.25, -0.2) is 4.79 Å². The Bertz CT molecular complexity index is 452. The van der Waals surface area contributed by atoms with E-state index in [9.17, 15) is 4.79 Å². The van der Waals surface area contributed by atoms with Crippen molar-refractivity contribution >= 4 is 5.97 Å². The number of hydrogen-bond acceptors (Lipinski definition) is 3. The Kier molecular flexibility index (Phi) is 2.59. The van der Waals surface area contributed by atoms with Gasteiger partial charge in [-0.1, -0.05) is 5.92 Å². The zero-order valence-corrected chi connectivity index (χ0v) is 8.37. The molecule has 1 aliphatic heterocycles. The molecule has 0 spiro atoms. The molecule has 1 heterocycles. The smallest absolute Gasteiger partial charge is 0.384 e. The minimum absolute atomic E-state index is 0.522. The summed E-state index contributed by atoms with van der Waals surface area (Å²) in [5.41, 5.74) is 1.95. The number of hydrogen-bond donors (Lipinski definition) is 0. The second-order valence-electron chi connectivity index (χ2n) is 3.16. The molecule has 0 aliphatic carbocycles. The van der Waals surface area contributed by atoms with E-state index in [0.29, 0.717) is 0 Å². The summed E-state index contributed by atoms with van der Waals surface area (Å²) < 4.78 is 9.79. The monoisotopic (exact) mass is 202 g/mol. The molecule has 1 aliphatic rings. The van der Waals surface area contributed by atoms with E-state index in [1.165, 1.54) is 7.11 Å². The Morgan fingerprint density at radius 1 is 1.53 bits per heavy atom. The first kappa shape index (κ1) is 9.60. The van der Waals surface area contributed by atoms with Crippen LogP contribution in [-0.4, -0.2) is 19.7 Å². The van der Waals surface area contributed by atoms with Crippen LogP contribution in [0.1, 0.15) is 11.1 Å². The molecule has 0 saturated carbocycles. The van der Waals surface area contributed by atoms with Gasteiger partial charge in [-0.05, 0) is 23.8 Å². The van der Waals surface area contributed by atoms with Crippen LogP contribution in [0.4, 0.5) is 0 Å². The van der Waals surface area contributed by atoms with Gasteiger partial charge >= 0.3 is 5.97 Å². The lowest BCUT2D eigenvalue weighted by Crippen LogP contribution is -1.94. The largest absolute Gasteiger partial charge is 0.493 e. The Balaban J connectivity index is 2.22. The molecule has 3 nitrogen and oxygen atoms in total. The molecule has 0 bridgehead atoms. The summed E-state index contributed by atoms with van der Waals surface area (Å²) in [6, 6.07) is 5.65. The maximum atomic E-state index is 10.8. The van der Waals surface area contributed by atoms with Crippen LogP contribution in [0.3, 0.4) is 0 Å². The molecule has 3 heteroatoms. The molecule has 2 rings (SSSR count). The molecule has 15 heavy (non-hydrogen) atoms. The van der Waals surface area contributed by atoms with E-state index in [-0.39, 0.29) is 0 Å². The van der Waals surface area contributed by atoms with E-state index in [2.05, 4.69) is 16.6 Å². The summed E-state index contributed by atoms with van der Waals surface area (Å²) in [6.07, 6.45) is 0.906. The van der Waals surface area contributed by atoms with Gasteiger partial charge in [0.1, 0.15) is 5.75 Å². The first-order valence-electron chi connectivity index (χ1n) is 4.65. The van der Waals surface area contributed by atoms with Gasteiger partial charge in [0.2, 0.25) is 0 Å². The summed E-state index contributed by atoms with van der Waals surface area (Å²) in [5.74, 6) is 5.53. The van der Waals surface area contributed by atoms with Crippen molar-refractivity contribution in [3.63, 3.8) is 0 Å². The van der Waals surface area contributed by atoms with Crippen molar-refractivity contribution in [2.24, 2.45) is 0 Å². The highest BCUT2D eigenvalue weighted by Gasteiger charge is 2.11. The van der Waals surface area contributed by atoms with Gasteiger partial charge in [0.15, 0.2) is 0 Å². The number of ether oxygens (including phenoxy) is 2. The van der Waals surface area contributed by atoms with E-state index in [1.807, 2.05) is 18.2 Å². The van der Waals surface area contributed by atoms with Crippen LogP contribution in [0, 0.1) is 11.8 Å². The minimum Gasteiger partial charge on any atom is -0.493 e. The molecule has 0 aromatic heterocycles. The fraction of sp³-hybridized carbons (Fsp3) is 0.250. The molecular formula is C12H10O3. The minimum atomic E-state index is -0.522. The fourth-order valence-corrected chi connectivity index (χ4v) is 1.44. The topological polar surface area (TPSA) is 35.5 Å². The normalized spacial score (nSPS) is 12.1. The van der Waals surface area contributed by atoms with Crippen molar-refractivity contribution in [1.29, 1.82) is 0 Å². The number of carbonyl (C=O) groups excluding carboxylic acids is 1. The van der Waals surface area contributed by atoms with Crippen LogP contribution < -0.4 is 4.74 Å². The van der Waals surface area contributed by atoms with Crippen molar-refractivity contribution < 1.29 is 14.3 Å². The first-order valence-corrected chi connectivity index (χ1v) is 4.65. The standard InChI is InChI=1S/C12H10O3/c1-14-12(13)5-3-9-2-4-11-10(8-9)6-7-15-11/h2,4,8H,6-7H2,1H3. The van der Waals surface area contributed by atoms with Crippen LogP contribution in [0.25, 0.3) is 0 Å². The van der Waals surface area contributed by atoms with Crippen LogP contribution in [0.5, 0.6) is 5.75 Å². The molecule has 0 amide bonds. The molecule has 76 valence electrons. The van der Waals surface area contributed by atoms with Gasteiger partial charge in [0.25, 0.3) is 0 Å². The highest BCUT2D eigenvalue weighted by molar-refractivity contribution is 5.89. The number of rotatable bonds is 0. The summed E-state index contributed by atoms with van der Waals surface area (Å²) in [7, 11) is 1.31. The van der Waals surface area contributed by atoms with E-state index in [0.717, 1.165) is 29.9 Å². The third-order valence-corrected chi connectivity index (χ3v) is 2.18. The molecule has 0 N–H and O–H groups in total. The van der Waals surface area contributed by atoms with Gasteiger partial charge < -0.3 is 9.47 Å². The van der Waals surface area contributed by atoms with E-state index < -0.39 is 5.97 Å². The number of benzene rings is 1. The summed E-state index contributed by atoms with van der Waals surface area (Å²) in [5, 5.41) is 0. The summed E-state index contributed by atoms with van der Waals surface area (Å²) in [6.45, 7) is 0.725. The number of carbonyl (C=O) groups is 1. The molecular weight excluding hydrogens is 192 g/mol. The first-order chi connectivity index (χ1) is 7.29. The second kappa shape index (κ2) is 4.05. The van der Waals surface area contributed by atoms with E-state index in [1.54, 1.807) is 0 Å². The SMILES string of the molecule is COC(=O)C#Cc1ccc2c(c1)CCO2. The lowest BCUT2D eigenvalue weighted by Gasteiger charge is -1.97. The maximum absolute atomic E-state index is 10.8. The molecule has 1 aromatic carbocycles. The van der Waals surface area contributed by atoms with Gasteiger partial charge in [0, 0.05) is 17.9 Å². The molecule has 0 saturated heterocycles. The van der Waals surface area contributed by atoms with Gasteiger partial charge in [0.05, 0.1) is 13.7 Å². The van der Waals surface area contributed by atoms with E-state index >= 15 is 0 Å². The molecule has 0 atom stereocenters. The van der Waals surface area contributed by atoms with Crippen LogP contribution in [-0.2, 0) is 16.0 Å². The number of methoxy groups -OCH3 is 1. The zero-order valence-electron chi connectivity index (χ0n) is 8.37.